The van der Waals surface area contributed by atoms with E-state index in [1.54, 1.807) is 12.3 Å². The number of pyridine rings is 1. The molecule has 0 radical (unpaired) electrons. The Bertz CT molecular complexity index is 714. The largest absolute Gasteiger partial charge is 0.348 e. The topological polar surface area (TPSA) is 45.2 Å². The number of piperidine rings is 1. The Labute approximate surface area is 154 Å². The minimum Gasteiger partial charge on any atom is -0.348 e. The van der Waals surface area contributed by atoms with E-state index < -0.39 is 0 Å². The summed E-state index contributed by atoms with van der Waals surface area (Å²) in [6.45, 7) is 3.86. The lowest BCUT2D eigenvalue weighted by Gasteiger charge is -2.27. The monoisotopic (exact) mass is 355 g/mol. The number of hydrogen-bond donors (Lipinski definition) is 1. The van der Waals surface area contributed by atoms with Crippen molar-refractivity contribution >= 4 is 17.7 Å². The van der Waals surface area contributed by atoms with Crippen molar-refractivity contribution in [2.75, 3.05) is 19.3 Å². The van der Waals surface area contributed by atoms with E-state index in [4.69, 9.17) is 0 Å². The van der Waals surface area contributed by atoms with Crippen molar-refractivity contribution in [3.63, 3.8) is 0 Å². The molecule has 1 aliphatic heterocycles. The summed E-state index contributed by atoms with van der Waals surface area (Å²) < 4.78 is 0. The molecule has 1 amide bonds. The Morgan fingerprint density at radius 3 is 2.64 bits per heavy atom. The van der Waals surface area contributed by atoms with Crippen molar-refractivity contribution in [1.82, 2.24) is 15.2 Å². The van der Waals surface area contributed by atoms with Gasteiger partial charge in [0.2, 0.25) is 0 Å². The zero-order valence-corrected chi connectivity index (χ0v) is 15.5. The molecule has 132 valence electrons. The molecule has 25 heavy (non-hydrogen) atoms. The van der Waals surface area contributed by atoms with E-state index in [1.807, 2.05) is 18.4 Å². The lowest BCUT2D eigenvalue weighted by Crippen LogP contribution is -2.30. The molecule has 0 atom stereocenters. The van der Waals surface area contributed by atoms with Gasteiger partial charge in [-0.15, -0.1) is 11.8 Å². The molecule has 4 nitrogen and oxygen atoms in total. The Balaban J connectivity index is 1.65. The molecule has 1 aromatic heterocycles. The van der Waals surface area contributed by atoms with Gasteiger partial charge in [0.25, 0.3) is 5.91 Å². The van der Waals surface area contributed by atoms with Crippen molar-refractivity contribution < 1.29 is 4.79 Å². The van der Waals surface area contributed by atoms with Gasteiger partial charge in [0.15, 0.2) is 0 Å². The van der Waals surface area contributed by atoms with Crippen molar-refractivity contribution in [1.29, 1.82) is 0 Å². The molecule has 1 saturated heterocycles. The summed E-state index contributed by atoms with van der Waals surface area (Å²) in [4.78, 5) is 19.3. The van der Waals surface area contributed by atoms with Crippen LogP contribution in [-0.2, 0) is 13.1 Å². The molecule has 0 unspecified atom stereocenters. The maximum absolute atomic E-state index is 12.5. The van der Waals surface area contributed by atoms with Gasteiger partial charge in [-0.3, -0.25) is 9.69 Å². The van der Waals surface area contributed by atoms with E-state index in [2.05, 4.69) is 33.4 Å². The molecular weight excluding hydrogens is 330 g/mol. The van der Waals surface area contributed by atoms with Crippen LogP contribution in [0.4, 0.5) is 0 Å². The van der Waals surface area contributed by atoms with Crippen molar-refractivity contribution in [2.24, 2.45) is 0 Å². The predicted octanol–water partition coefficient (Wildman–Crippen LogP) is 3.72. The molecule has 5 heteroatoms. The quantitative estimate of drug-likeness (QED) is 0.802. The van der Waals surface area contributed by atoms with Crippen LogP contribution in [0.1, 0.15) is 40.7 Å². The Hall–Kier alpha value is -1.85. The number of amides is 1. The zero-order chi connectivity index (χ0) is 17.5. The number of carbonyl (C=O) groups is 1. The van der Waals surface area contributed by atoms with Crippen LogP contribution < -0.4 is 5.32 Å². The van der Waals surface area contributed by atoms with E-state index in [0.717, 1.165) is 11.6 Å². The first-order valence-electron chi connectivity index (χ1n) is 8.84. The first-order chi connectivity index (χ1) is 12.3. The summed E-state index contributed by atoms with van der Waals surface area (Å²) in [5.41, 5.74) is 3.14. The molecule has 0 spiro atoms. The van der Waals surface area contributed by atoms with Crippen LogP contribution in [0.5, 0.6) is 0 Å². The Morgan fingerprint density at radius 1 is 1.12 bits per heavy atom. The normalized spacial score (nSPS) is 15.1. The van der Waals surface area contributed by atoms with Crippen LogP contribution in [-0.4, -0.2) is 35.1 Å². The van der Waals surface area contributed by atoms with Gasteiger partial charge < -0.3 is 5.32 Å². The van der Waals surface area contributed by atoms with Crippen molar-refractivity contribution in [3.8, 4) is 0 Å². The SMILES string of the molecule is CSc1ncccc1C(=O)NCc1ccccc1CN1CCCCC1. The second-order valence-electron chi connectivity index (χ2n) is 6.35. The average Bonchev–Trinajstić information content (AvgIpc) is 2.68. The highest BCUT2D eigenvalue weighted by Gasteiger charge is 2.14. The number of nitrogens with zero attached hydrogens (tertiary/aromatic N) is 2. The lowest BCUT2D eigenvalue weighted by atomic mass is 10.0. The molecule has 2 heterocycles. The molecule has 3 rings (SSSR count). The molecule has 2 aromatic rings. The van der Waals surface area contributed by atoms with E-state index in [-0.39, 0.29) is 5.91 Å². The van der Waals surface area contributed by atoms with Crippen LogP contribution in [0.25, 0.3) is 0 Å². The highest BCUT2D eigenvalue weighted by atomic mass is 32.2. The maximum atomic E-state index is 12.5. The van der Waals surface area contributed by atoms with E-state index in [0.29, 0.717) is 12.1 Å². The van der Waals surface area contributed by atoms with Gasteiger partial charge >= 0.3 is 0 Å². The fraction of sp³-hybridized carbons (Fsp3) is 0.400. The number of thioether (sulfide) groups is 1. The van der Waals surface area contributed by atoms with Crippen LogP contribution in [0.3, 0.4) is 0 Å². The number of likely N-dealkylation sites (tertiary alicyclic amines) is 1. The van der Waals surface area contributed by atoms with Gasteiger partial charge in [-0.1, -0.05) is 30.7 Å². The number of hydrogen-bond acceptors (Lipinski definition) is 4. The average molecular weight is 356 g/mol. The fourth-order valence-corrected chi connectivity index (χ4v) is 3.79. The fourth-order valence-electron chi connectivity index (χ4n) is 3.24. The molecule has 1 fully saturated rings. The van der Waals surface area contributed by atoms with Crippen molar-refractivity contribution in [2.45, 2.75) is 37.4 Å². The third kappa shape index (κ3) is 4.83. The summed E-state index contributed by atoms with van der Waals surface area (Å²) in [6, 6.07) is 12.0. The lowest BCUT2D eigenvalue weighted by molar-refractivity contribution is 0.0947. The first kappa shape index (κ1) is 18.0. The van der Waals surface area contributed by atoms with E-state index in [9.17, 15) is 4.79 Å². The van der Waals surface area contributed by atoms with Crippen LogP contribution in [0.2, 0.25) is 0 Å². The van der Waals surface area contributed by atoms with E-state index in [1.165, 1.54) is 55.2 Å². The predicted molar refractivity (Wildman–Crippen MR) is 103 cm³/mol. The molecule has 1 aromatic carbocycles. The summed E-state index contributed by atoms with van der Waals surface area (Å²) in [7, 11) is 0. The van der Waals surface area contributed by atoms with Gasteiger partial charge in [0.1, 0.15) is 5.03 Å². The number of rotatable bonds is 6. The van der Waals surface area contributed by atoms with E-state index >= 15 is 0 Å². The number of nitrogens with one attached hydrogen (secondary N) is 1. The summed E-state index contributed by atoms with van der Waals surface area (Å²) in [5.74, 6) is -0.0646. The third-order valence-corrected chi connectivity index (χ3v) is 5.32. The summed E-state index contributed by atoms with van der Waals surface area (Å²) in [5, 5.41) is 3.82. The standard InChI is InChI=1S/C20H25N3OS/c1-25-20-18(10-7-11-21-20)19(24)22-14-16-8-3-4-9-17(16)15-23-12-5-2-6-13-23/h3-4,7-11H,2,5-6,12-15H2,1H3,(H,22,24). The zero-order valence-electron chi connectivity index (χ0n) is 14.7. The summed E-state index contributed by atoms with van der Waals surface area (Å²) in [6.07, 6.45) is 7.58. The minimum absolute atomic E-state index is 0.0646. The number of aromatic nitrogens is 1. The Kier molecular flexibility index (Phi) is 6.48. The molecule has 1 aliphatic rings. The summed E-state index contributed by atoms with van der Waals surface area (Å²) >= 11 is 1.49. The van der Waals surface area contributed by atoms with Gasteiger partial charge in [-0.2, -0.15) is 0 Å². The van der Waals surface area contributed by atoms with Gasteiger partial charge in [-0.05, 0) is 55.4 Å². The van der Waals surface area contributed by atoms with Gasteiger partial charge in [0.05, 0.1) is 5.56 Å². The third-order valence-electron chi connectivity index (χ3n) is 4.61. The highest BCUT2D eigenvalue weighted by Crippen LogP contribution is 2.18. The molecule has 1 N–H and O–H groups in total. The molecule has 0 bridgehead atoms. The van der Waals surface area contributed by atoms with Crippen LogP contribution in [0.15, 0.2) is 47.6 Å². The van der Waals surface area contributed by atoms with Gasteiger partial charge in [-0.25, -0.2) is 4.98 Å². The van der Waals surface area contributed by atoms with Crippen LogP contribution in [0, 0.1) is 0 Å². The molecule has 0 aliphatic carbocycles. The maximum Gasteiger partial charge on any atom is 0.254 e. The smallest absolute Gasteiger partial charge is 0.254 e. The van der Waals surface area contributed by atoms with Gasteiger partial charge in [0, 0.05) is 19.3 Å². The second kappa shape index (κ2) is 9.02. The molecular formula is C20H25N3OS. The molecule has 0 saturated carbocycles. The second-order valence-corrected chi connectivity index (χ2v) is 7.14. The highest BCUT2D eigenvalue weighted by molar-refractivity contribution is 7.98. The van der Waals surface area contributed by atoms with Crippen LogP contribution >= 0.6 is 11.8 Å². The van der Waals surface area contributed by atoms with Crippen molar-refractivity contribution in [3.05, 3.63) is 59.3 Å². The number of carbonyl (C=O) groups excluding carboxylic acids is 1. The Morgan fingerprint density at radius 2 is 1.88 bits per heavy atom. The number of benzene rings is 1. The first-order valence-corrected chi connectivity index (χ1v) is 10.1. The minimum atomic E-state index is -0.0646.